The van der Waals surface area contributed by atoms with Gasteiger partial charge in [-0.25, -0.2) is 4.90 Å². The molecule has 0 radical (unpaired) electrons. The van der Waals surface area contributed by atoms with Crippen LogP contribution in [0.5, 0.6) is 0 Å². The van der Waals surface area contributed by atoms with Crippen molar-refractivity contribution in [3.63, 3.8) is 0 Å². The van der Waals surface area contributed by atoms with Gasteiger partial charge >= 0.3 is 5.97 Å². The molecule has 19 heavy (non-hydrogen) atoms. The zero-order valence-electron chi connectivity index (χ0n) is 11.9. The summed E-state index contributed by atoms with van der Waals surface area (Å²) in [5.74, 6) is -1.24. The molecular weight excluding hydrogens is 246 g/mol. The number of esters is 1. The molecule has 5 heteroatoms. The predicted octanol–water partition coefficient (Wildman–Crippen LogP) is 1.94. The molecule has 1 atom stereocenters. The molecule has 1 aliphatic rings. The number of imide groups is 1. The van der Waals surface area contributed by atoms with Crippen molar-refractivity contribution in [1.82, 2.24) is 4.90 Å². The molecule has 1 unspecified atom stereocenters. The molecule has 0 aromatic heterocycles. The Morgan fingerprint density at radius 1 is 1.21 bits per heavy atom. The molecule has 0 aliphatic carbocycles. The maximum absolute atomic E-state index is 12.3. The van der Waals surface area contributed by atoms with Crippen LogP contribution >= 0.6 is 0 Å². The van der Waals surface area contributed by atoms with Crippen molar-refractivity contribution in [2.45, 2.75) is 47.3 Å². The summed E-state index contributed by atoms with van der Waals surface area (Å²) in [4.78, 5) is 35.8. The predicted molar refractivity (Wildman–Crippen MR) is 69.8 cm³/mol. The number of rotatable bonds is 3. The summed E-state index contributed by atoms with van der Waals surface area (Å²) in [5, 5.41) is 0. The van der Waals surface area contributed by atoms with Crippen LogP contribution in [-0.4, -0.2) is 28.9 Å². The number of ether oxygens (including phenoxy) is 1. The highest BCUT2D eigenvalue weighted by Gasteiger charge is 2.43. The van der Waals surface area contributed by atoms with E-state index >= 15 is 0 Å². The minimum atomic E-state index is -0.766. The topological polar surface area (TPSA) is 63.7 Å². The number of allylic oxidation sites excluding steroid dienone is 2. The maximum atomic E-state index is 12.3. The van der Waals surface area contributed by atoms with Crippen LogP contribution in [0.1, 0.15) is 41.0 Å². The van der Waals surface area contributed by atoms with Gasteiger partial charge in [0.2, 0.25) is 5.91 Å². The van der Waals surface area contributed by atoms with Gasteiger partial charge in [0.25, 0.3) is 5.91 Å². The average Bonchev–Trinajstić information content (AvgIpc) is 2.23. The third-order valence-corrected chi connectivity index (χ3v) is 2.63. The van der Waals surface area contributed by atoms with E-state index in [1.165, 1.54) is 6.92 Å². The minimum absolute atomic E-state index is 0.0657. The van der Waals surface area contributed by atoms with Crippen LogP contribution in [0.25, 0.3) is 0 Å². The first-order valence-corrected chi connectivity index (χ1v) is 6.10. The second-order valence-electron chi connectivity index (χ2n) is 4.97. The lowest BCUT2D eigenvalue weighted by Crippen LogP contribution is -2.57. The zero-order valence-corrected chi connectivity index (χ0v) is 11.9. The summed E-state index contributed by atoms with van der Waals surface area (Å²) in [6, 6.07) is 0. The monoisotopic (exact) mass is 265 g/mol. The summed E-state index contributed by atoms with van der Waals surface area (Å²) >= 11 is 0. The van der Waals surface area contributed by atoms with Crippen molar-refractivity contribution >= 4 is 17.8 Å². The Morgan fingerprint density at radius 2 is 1.79 bits per heavy atom. The lowest BCUT2D eigenvalue weighted by molar-refractivity contribution is -0.184. The van der Waals surface area contributed by atoms with E-state index in [0.717, 1.165) is 16.0 Å². The van der Waals surface area contributed by atoms with Crippen LogP contribution in [0.2, 0.25) is 0 Å². The summed E-state index contributed by atoms with van der Waals surface area (Å²) in [7, 11) is 0. The number of hydrogen-bond donors (Lipinski definition) is 0. The van der Waals surface area contributed by atoms with Gasteiger partial charge in [0.1, 0.15) is 0 Å². The maximum Gasteiger partial charge on any atom is 0.304 e. The van der Waals surface area contributed by atoms with E-state index in [4.69, 9.17) is 4.74 Å². The van der Waals surface area contributed by atoms with Gasteiger partial charge in [0.15, 0.2) is 6.23 Å². The van der Waals surface area contributed by atoms with Crippen LogP contribution in [0.4, 0.5) is 0 Å². The number of amides is 2. The highest BCUT2D eigenvalue weighted by atomic mass is 16.6. The van der Waals surface area contributed by atoms with Gasteiger partial charge in [-0.1, -0.05) is 17.2 Å². The van der Waals surface area contributed by atoms with Crippen molar-refractivity contribution in [3.8, 4) is 0 Å². The Balaban J connectivity index is 2.97. The van der Waals surface area contributed by atoms with Crippen molar-refractivity contribution < 1.29 is 19.1 Å². The molecule has 0 aromatic carbocycles. The number of carbonyl (C=O) groups excluding carboxylic acids is 3. The normalized spacial score (nSPS) is 17.4. The summed E-state index contributed by atoms with van der Waals surface area (Å²) in [5.41, 5.74) is 2.24. The van der Waals surface area contributed by atoms with Crippen molar-refractivity contribution in [2.75, 3.05) is 0 Å². The van der Waals surface area contributed by atoms with Crippen LogP contribution < -0.4 is 0 Å². The van der Waals surface area contributed by atoms with E-state index in [0.29, 0.717) is 5.57 Å². The van der Waals surface area contributed by atoms with E-state index in [1.54, 1.807) is 19.9 Å². The molecule has 104 valence electrons. The highest BCUT2D eigenvalue weighted by molar-refractivity contribution is 6.09. The quantitative estimate of drug-likeness (QED) is 0.338. The number of carbonyl (C=O) groups is 3. The van der Waals surface area contributed by atoms with Gasteiger partial charge in [-0.05, 0) is 27.7 Å². The number of hydrogen-bond acceptors (Lipinski definition) is 4. The van der Waals surface area contributed by atoms with Crippen molar-refractivity contribution in [1.29, 1.82) is 0 Å². The Labute approximate surface area is 112 Å². The highest BCUT2D eigenvalue weighted by Crippen LogP contribution is 2.25. The van der Waals surface area contributed by atoms with Gasteiger partial charge in [0.05, 0.1) is 6.42 Å². The molecule has 1 saturated heterocycles. The second kappa shape index (κ2) is 5.82. The molecule has 0 saturated carbocycles. The molecule has 1 heterocycles. The fourth-order valence-electron chi connectivity index (χ4n) is 1.76. The van der Waals surface area contributed by atoms with Crippen LogP contribution in [-0.2, 0) is 19.1 Å². The largest absolute Gasteiger partial charge is 0.441 e. The molecule has 1 rings (SSSR count). The van der Waals surface area contributed by atoms with Gasteiger partial charge in [-0.3, -0.25) is 14.4 Å². The number of nitrogens with zero attached hydrogens (tertiary/aromatic N) is 1. The molecule has 2 amide bonds. The fourth-order valence-corrected chi connectivity index (χ4v) is 1.76. The lowest BCUT2D eigenvalue weighted by Gasteiger charge is -2.37. The number of likely N-dealkylation sites (tertiary alicyclic amines) is 1. The average molecular weight is 265 g/mol. The Hall–Kier alpha value is -1.91. The van der Waals surface area contributed by atoms with E-state index in [2.05, 4.69) is 0 Å². The van der Waals surface area contributed by atoms with Gasteiger partial charge in [-0.15, -0.1) is 0 Å². The summed E-state index contributed by atoms with van der Waals surface area (Å²) < 4.78 is 4.93. The second-order valence-corrected chi connectivity index (χ2v) is 4.97. The van der Waals surface area contributed by atoms with Gasteiger partial charge in [0, 0.05) is 12.5 Å². The van der Waals surface area contributed by atoms with E-state index in [9.17, 15) is 14.4 Å². The first-order valence-electron chi connectivity index (χ1n) is 6.10. The molecule has 5 nitrogen and oxygen atoms in total. The van der Waals surface area contributed by atoms with Gasteiger partial charge in [-0.2, -0.15) is 0 Å². The van der Waals surface area contributed by atoms with E-state index in [1.807, 2.05) is 13.8 Å². The Morgan fingerprint density at radius 3 is 2.16 bits per heavy atom. The van der Waals surface area contributed by atoms with Crippen molar-refractivity contribution in [3.05, 3.63) is 22.8 Å². The molecule has 0 N–H and O–H groups in total. The Bertz CT molecular complexity index is 480. The molecular formula is C14H19NO4. The Kier molecular flexibility index (Phi) is 4.64. The van der Waals surface area contributed by atoms with Crippen LogP contribution in [0.3, 0.4) is 0 Å². The minimum Gasteiger partial charge on any atom is -0.441 e. The van der Waals surface area contributed by atoms with Crippen LogP contribution in [0.15, 0.2) is 22.8 Å². The molecule has 1 aliphatic heterocycles. The van der Waals surface area contributed by atoms with E-state index < -0.39 is 18.1 Å². The summed E-state index contributed by atoms with van der Waals surface area (Å²) in [6.07, 6.45) is 1.03. The first-order chi connectivity index (χ1) is 8.73. The van der Waals surface area contributed by atoms with Crippen LogP contribution in [0, 0.1) is 0 Å². The number of β-lactam (4-membered cyclic amide) rings is 1. The molecule has 0 spiro atoms. The molecule has 0 bridgehead atoms. The zero-order chi connectivity index (χ0) is 14.7. The van der Waals surface area contributed by atoms with Crippen molar-refractivity contribution in [2.24, 2.45) is 0 Å². The fraction of sp³-hybridized carbons (Fsp3) is 0.500. The smallest absolute Gasteiger partial charge is 0.304 e. The molecule has 1 fully saturated rings. The molecule has 0 aromatic rings. The standard InChI is InChI=1S/C14H19NO4/c1-8(2)6-11(9(3)4)14(18)15-12(17)7-13(15)19-10(5)16/h6,13H,7H2,1-5H3. The van der Waals surface area contributed by atoms with E-state index in [-0.39, 0.29) is 12.3 Å². The van der Waals surface area contributed by atoms with Gasteiger partial charge < -0.3 is 4.74 Å². The SMILES string of the molecule is CC(=O)OC1CC(=O)N1C(=O)C(C=C(C)C)=C(C)C. The summed E-state index contributed by atoms with van der Waals surface area (Å²) in [6.45, 7) is 8.61. The third-order valence-electron chi connectivity index (χ3n) is 2.63. The first kappa shape index (κ1) is 15.1. The lowest BCUT2D eigenvalue weighted by atomic mass is 10.0. The third kappa shape index (κ3) is 3.53.